The third kappa shape index (κ3) is 6.01. The van der Waals surface area contributed by atoms with Crippen LogP contribution in [0.3, 0.4) is 0 Å². The minimum Gasteiger partial charge on any atom is -0.493 e. The van der Waals surface area contributed by atoms with Gasteiger partial charge in [-0.05, 0) is 58.2 Å². The molecule has 0 radical (unpaired) electrons. The SMILES string of the molecule is Cc1cn(Cc2ccccc2OCCCCC(C)(C)C(=O)O)c(-c2ccc(-c3ccco3)cc2)n1. The highest BCUT2D eigenvalue weighted by molar-refractivity contribution is 5.73. The molecular formula is C29H32N2O4. The van der Waals surface area contributed by atoms with Gasteiger partial charge in [-0.25, -0.2) is 4.98 Å². The second kappa shape index (κ2) is 10.6. The number of carboxylic acids is 1. The van der Waals surface area contributed by atoms with Crippen molar-refractivity contribution in [2.75, 3.05) is 6.61 Å². The molecule has 0 saturated carbocycles. The van der Waals surface area contributed by atoms with Crippen molar-refractivity contribution in [2.45, 2.75) is 46.6 Å². The van der Waals surface area contributed by atoms with Gasteiger partial charge in [-0.1, -0.05) is 42.5 Å². The van der Waals surface area contributed by atoms with Crippen molar-refractivity contribution in [3.63, 3.8) is 0 Å². The number of para-hydroxylation sites is 1. The summed E-state index contributed by atoms with van der Waals surface area (Å²) < 4.78 is 13.7. The third-order valence-corrected chi connectivity index (χ3v) is 6.19. The average Bonchev–Trinajstić information content (AvgIpc) is 3.50. The number of imidazole rings is 1. The standard InChI is InChI=1S/C29H32N2O4/c1-21-19-31(27(30-21)23-14-12-22(13-15-23)25-11-8-18-35-25)20-24-9-4-5-10-26(24)34-17-7-6-16-29(2,3)28(32)33/h4-5,8-15,18-19H,6-7,16-17,20H2,1-3H3,(H,32,33). The molecule has 0 aliphatic carbocycles. The summed E-state index contributed by atoms with van der Waals surface area (Å²) in [7, 11) is 0. The van der Waals surface area contributed by atoms with Gasteiger partial charge in [-0.3, -0.25) is 4.79 Å². The van der Waals surface area contributed by atoms with E-state index in [0.717, 1.165) is 52.6 Å². The molecule has 0 fully saturated rings. The molecule has 0 spiro atoms. The topological polar surface area (TPSA) is 77.5 Å². The number of hydrogen-bond acceptors (Lipinski definition) is 4. The lowest BCUT2D eigenvalue weighted by molar-refractivity contribution is -0.147. The summed E-state index contributed by atoms with van der Waals surface area (Å²) in [4.78, 5) is 16.1. The molecule has 4 aromatic rings. The summed E-state index contributed by atoms with van der Waals surface area (Å²) in [5.41, 5.74) is 3.38. The Morgan fingerprint density at radius 3 is 2.49 bits per heavy atom. The summed E-state index contributed by atoms with van der Waals surface area (Å²) in [6.07, 6.45) is 5.97. The van der Waals surface area contributed by atoms with Gasteiger partial charge >= 0.3 is 5.97 Å². The van der Waals surface area contributed by atoms with E-state index < -0.39 is 11.4 Å². The zero-order valence-electron chi connectivity index (χ0n) is 20.5. The number of carboxylic acid groups (broad SMARTS) is 1. The summed E-state index contributed by atoms with van der Waals surface area (Å²) >= 11 is 0. The van der Waals surface area contributed by atoms with E-state index in [2.05, 4.69) is 29.0 Å². The summed E-state index contributed by atoms with van der Waals surface area (Å²) in [6.45, 7) is 6.72. The van der Waals surface area contributed by atoms with Crippen LogP contribution in [0.25, 0.3) is 22.7 Å². The Morgan fingerprint density at radius 1 is 1.03 bits per heavy atom. The van der Waals surface area contributed by atoms with Crippen LogP contribution in [0.5, 0.6) is 5.75 Å². The number of unbranched alkanes of at least 4 members (excludes halogenated alkanes) is 1. The predicted molar refractivity (Wildman–Crippen MR) is 136 cm³/mol. The first-order valence-electron chi connectivity index (χ1n) is 12.0. The lowest BCUT2D eigenvalue weighted by atomic mass is 9.87. The van der Waals surface area contributed by atoms with Crippen molar-refractivity contribution < 1.29 is 19.1 Å². The summed E-state index contributed by atoms with van der Waals surface area (Å²) in [5.74, 6) is 1.83. The number of aromatic nitrogens is 2. The fraction of sp³-hybridized carbons (Fsp3) is 0.310. The number of ether oxygens (including phenoxy) is 1. The molecule has 2 aromatic carbocycles. The van der Waals surface area contributed by atoms with E-state index in [1.54, 1.807) is 20.1 Å². The molecular weight excluding hydrogens is 440 g/mol. The first kappa shape index (κ1) is 24.3. The van der Waals surface area contributed by atoms with E-state index >= 15 is 0 Å². The van der Waals surface area contributed by atoms with Crippen molar-refractivity contribution in [1.82, 2.24) is 9.55 Å². The predicted octanol–water partition coefficient (Wildman–Crippen LogP) is 6.83. The Balaban J connectivity index is 1.44. The van der Waals surface area contributed by atoms with Crippen molar-refractivity contribution >= 4 is 5.97 Å². The number of benzene rings is 2. The molecule has 182 valence electrons. The molecule has 0 atom stereocenters. The Morgan fingerprint density at radius 2 is 1.77 bits per heavy atom. The number of rotatable bonds is 11. The Hall–Kier alpha value is -3.80. The monoisotopic (exact) mass is 472 g/mol. The number of aryl methyl sites for hydroxylation is 1. The highest BCUT2D eigenvalue weighted by Gasteiger charge is 2.26. The minimum atomic E-state index is -0.759. The van der Waals surface area contributed by atoms with Crippen molar-refractivity contribution in [1.29, 1.82) is 0 Å². The van der Waals surface area contributed by atoms with E-state index in [1.165, 1.54) is 0 Å². The first-order chi connectivity index (χ1) is 16.8. The van der Waals surface area contributed by atoms with Crippen LogP contribution in [0.4, 0.5) is 0 Å². The van der Waals surface area contributed by atoms with Gasteiger partial charge in [0.15, 0.2) is 0 Å². The minimum absolute atomic E-state index is 0.552. The highest BCUT2D eigenvalue weighted by atomic mass is 16.5. The molecule has 1 N–H and O–H groups in total. The van der Waals surface area contributed by atoms with Crippen LogP contribution in [-0.2, 0) is 11.3 Å². The number of furan rings is 1. The smallest absolute Gasteiger partial charge is 0.309 e. The van der Waals surface area contributed by atoms with Gasteiger partial charge in [0.05, 0.1) is 30.5 Å². The van der Waals surface area contributed by atoms with Crippen molar-refractivity contribution in [3.8, 4) is 28.5 Å². The zero-order chi connectivity index (χ0) is 24.8. The lowest BCUT2D eigenvalue weighted by Crippen LogP contribution is -2.23. The summed E-state index contributed by atoms with van der Waals surface area (Å²) in [6, 6.07) is 20.1. The molecule has 6 heteroatoms. The van der Waals surface area contributed by atoms with E-state index in [-0.39, 0.29) is 0 Å². The Labute approximate surface area is 206 Å². The quantitative estimate of drug-likeness (QED) is 0.242. The van der Waals surface area contributed by atoms with Crippen LogP contribution in [0.1, 0.15) is 44.4 Å². The maximum absolute atomic E-state index is 11.3. The van der Waals surface area contributed by atoms with Gasteiger partial charge in [0, 0.05) is 22.9 Å². The highest BCUT2D eigenvalue weighted by Crippen LogP contribution is 2.28. The lowest BCUT2D eigenvalue weighted by Gasteiger charge is -2.18. The van der Waals surface area contributed by atoms with Gasteiger partial charge < -0.3 is 18.8 Å². The van der Waals surface area contributed by atoms with E-state index in [4.69, 9.17) is 14.1 Å². The molecule has 0 amide bonds. The molecule has 35 heavy (non-hydrogen) atoms. The van der Waals surface area contributed by atoms with Crippen LogP contribution < -0.4 is 4.74 Å². The van der Waals surface area contributed by atoms with Crippen LogP contribution in [0.15, 0.2) is 77.5 Å². The zero-order valence-corrected chi connectivity index (χ0v) is 20.5. The van der Waals surface area contributed by atoms with Crippen molar-refractivity contribution in [2.24, 2.45) is 5.41 Å². The van der Waals surface area contributed by atoms with E-state index in [1.807, 2.05) is 49.4 Å². The Bertz CT molecular complexity index is 1250. The first-order valence-corrected chi connectivity index (χ1v) is 12.0. The Kier molecular flexibility index (Phi) is 7.39. The second-order valence-electron chi connectivity index (χ2n) is 9.49. The number of carbonyl (C=O) groups is 1. The number of hydrogen-bond donors (Lipinski definition) is 1. The van der Waals surface area contributed by atoms with Crippen LogP contribution in [-0.4, -0.2) is 27.2 Å². The van der Waals surface area contributed by atoms with Crippen LogP contribution in [0, 0.1) is 12.3 Å². The van der Waals surface area contributed by atoms with Crippen LogP contribution >= 0.6 is 0 Å². The fourth-order valence-electron chi connectivity index (χ4n) is 4.04. The normalized spacial score (nSPS) is 11.5. The number of nitrogens with zero attached hydrogens (tertiary/aromatic N) is 2. The average molecular weight is 473 g/mol. The molecule has 0 bridgehead atoms. The maximum Gasteiger partial charge on any atom is 0.309 e. The van der Waals surface area contributed by atoms with Gasteiger partial charge in [0.2, 0.25) is 0 Å². The van der Waals surface area contributed by atoms with Crippen molar-refractivity contribution in [3.05, 3.63) is 84.4 Å². The van der Waals surface area contributed by atoms with E-state index in [0.29, 0.717) is 19.6 Å². The molecule has 0 aliphatic heterocycles. The van der Waals surface area contributed by atoms with Gasteiger partial charge in [0.25, 0.3) is 0 Å². The molecule has 0 aliphatic rings. The molecule has 2 heterocycles. The molecule has 6 nitrogen and oxygen atoms in total. The van der Waals surface area contributed by atoms with Gasteiger partial charge in [-0.2, -0.15) is 0 Å². The molecule has 0 unspecified atom stereocenters. The van der Waals surface area contributed by atoms with Crippen LogP contribution in [0.2, 0.25) is 0 Å². The largest absolute Gasteiger partial charge is 0.493 e. The van der Waals surface area contributed by atoms with Gasteiger partial charge in [0.1, 0.15) is 17.3 Å². The second-order valence-corrected chi connectivity index (χ2v) is 9.49. The molecule has 2 aromatic heterocycles. The summed E-state index contributed by atoms with van der Waals surface area (Å²) in [5, 5.41) is 9.27. The fourth-order valence-corrected chi connectivity index (χ4v) is 4.04. The molecule has 4 rings (SSSR count). The number of aliphatic carboxylic acids is 1. The van der Waals surface area contributed by atoms with E-state index in [9.17, 15) is 9.90 Å². The third-order valence-electron chi connectivity index (χ3n) is 6.19. The molecule has 0 saturated heterocycles. The van der Waals surface area contributed by atoms with Gasteiger partial charge in [-0.15, -0.1) is 0 Å². The maximum atomic E-state index is 11.3.